The van der Waals surface area contributed by atoms with E-state index in [4.69, 9.17) is 4.74 Å². The Bertz CT molecular complexity index is 377. The van der Waals surface area contributed by atoms with Crippen LogP contribution in [-0.4, -0.2) is 48.2 Å². The molecule has 0 aromatic carbocycles. The van der Waals surface area contributed by atoms with Gasteiger partial charge in [0.15, 0.2) is 0 Å². The van der Waals surface area contributed by atoms with E-state index in [9.17, 15) is 14.7 Å². The van der Waals surface area contributed by atoms with E-state index in [-0.39, 0.29) is 17.7 Å². The highest BCUT2D eigenvalue weighted by molar-refractivity contribution is 5.83. The lowest BCUT2D eigenvalue weighted by atomic mass is 9.81. The van der Waals surface area contributed by atoms with Crippen molar-refractivity contribution in [3.05, 3.63) is 0 Å². The normalized spacial score (nSPS) is 39.0. The standard InChI is InChI=1S/C13H19NO4/c15-11(9-3-5-18-7-9)14-6-10-2-1-4-13(10,8-14)12(16)17/h9-10H,1-8H2,(H,16,17)/t9?,10-,13+/m0/s1. The maximum Gasteiger partial charge on any atom is 0.311 e. The van der Waals surface area contributed by atoms with Gasteiger partial charge in [0.05, 0.1) is 17.9 Å². The fraction of sp³-hybridized carbons (Fsp3) is 0.846. The van der Waals surface area contributed by atoms with Gasteiger partial charge in [0.2, 0.25) is 5.91 Å². The van der Waals surface area contributed by atoms with Gasteiger partial charge in [0, 0.05) is 19.7 Å². The van der Waals surface area contributed by atoms with Crippen LogP contribution in [0.1, 0.15) is 25.7 Å². The number of nitrogens with zero attached hydrogens (tertiary/aromatic N) is 1. The van der Waals surface area contributed by atoms with Gasteiger partial charge < -0.3 is 14.7 Å². The first kappa shape index (κ1) is 12.0. The Labute approximate surface area is 106 Å². The Hall–Kier alpha value is -1.10. The summed E-state index contributed by atoms with van der Waals surface area (Å²) in [5.74, 6) is -0.513. The molecular weight excluding hydrogens is 234 g/mol. The highest BCUT2D eigenvalue weighted by Gasteiger charge is 2.56. The van der Waals surface area contributed by atoms with E-state index in [1.54, 1.807) is 4.90 Å². The van der Waals surface area contributed by atoms with Crippen LogP contribution in [-0.2, 0) is 14.3 Å². The highest BCUT2D eigenvalue weighted by atomic mass is 16.5. The lowest BCUT2D eigenvalue weighted by Gasteiger charge is -2.24. The van der Waals surface area contributed by atoms with Gasteiger partial charge in [-0.3, -0.25) is 9.59 Å². The quantitative estimate of drug-likeness (QED) is 0.788. The van der Waals surface area contributed by atoms with Gasteiger partial charge in [-0.1, -0.05) is 6.42 Å². The summed E-state index contributed by atoms with van der Waals surface area (Å²) < 4.78 is 5.24. The summed E-state index contributed by atoms with van der Waals surface area (Å²) >= 11 is 0. The molecule has 1 saturated carbocycles. The van der Waals surface area contributed by atoms with Crippen LogP contribution in [0.4, 0.5) is 0 Å². The van der Waals surface area contributed by atoms with Crippen LogP contribution >= 0.6 is 0 Å². The van der Waals surface area contributed by atoms with Crippen molar-refractivity contribution in [3.63, 3.8) is 0 Å². The molecule has 3 fully saturated rings. The largest absolute Gasteiger partial charge is 0.481 e. The summed E-state index contributed by atoms with van der Waals surface area (Å²) in [5, 5.41) is 9.48. The number of likely N-dealkylation sites (tertiary alicyclic amines) is 1. The molecule has 1 amide bonds. The lowest BCUT2D eigenvalue weighted by molar-refractivity contribution is -0.149. The first-order valence-corrected chi connectivity index (χ1v) is 6.73. The molecule has 2 saturated heterocycles. The molecule has 1 aliphatic carbocycles. The van der Waals surface area contributed by atoms with Gasteiger partial charge >= 0.3 is 5.97 Å². The zero-order valence-electron chi connectivity index (χ0n) is 10.4. The van der Waals surface area contributed by atoms with E-state index < -0.39 is 11.4 Å². The van der Waals surface area contributed by atoms with Gasteiger partial charge in [-0.2, -0.15) is 0 Å². The molecule has 3 atom stereocenters. The molecule has 3 aliphatic rings. The molecule has 1 unspecified atom stereocenters. The van der Waals surface area contributed by atoms with Gasteiger partial charge in [0.1, 0.15) is 0 Å². The van der Waals surface area contributed by atoms with Crippen LogP contribution in [0.25, 0.3) is 0 Å². The molecule has 0 bridgehead atoms. The van der Waals surface area contributed by atoms with Crippen molar-refractivity contribution in [2.75, 3.05) is 26.3 Å². The number of rotatable bonds is 2. The van der Waals surface area contributed by atoms with Crippen molar-refractivity contribution < 1.29 is 19.4 Å². The van der Waals surface area contributed by atoms with Gasteiger partial charge in [-0.15, -0.1) is 0 Å². The van der Waals surface area contributed by atoms with E-state index in [0.29, 0.717) is 26.3 Å². The molecule has 18 heavy (non-hydrogen) atoms. The molecule has 2 aliphatic heterocycles. The zero-order chi connectivity index (χ0) is 12.8. The number of hydrogen-bond acceptors (Lipinski definition) is 3. The number of hydrogen-bond donors (Lipinski definition) is 1. The summed E-state index contributed by atoms with van der Waals surface area (Å²) in [4.78, 5) is 25.6. The SMILES string of the molecule is O=C(C1CCOC1)N1C[C@@H]2CCC[C@@]2(C(=O)O)C1. The van der Waals surface area contributed by atoms with Gasteiger partial charge in [-0.25, -0.2) is 0 Å². The first-order chi connectivity index (χ1) is 8.63. The zero-order valence-corrected chi connectivity index (χ0v) is 10.4. The Balaban J connectivity index is 1.74. The minimum atomic E-state index is -0.719. The number of carbonyl (C=O) groups excluding carboxylic acids is 1. The molecule has 0 spiro atoms. The Morgan fingerprint density at radius 1 is 1.33 bits per heavy atom. The molecule has 0 radical (unpaired) electrons. The molecule has 5 heteroatoms. The molecular formula is C13H19NO4. The number of amides is 1. The monoisotopic (exact) mass is 253 g/mol. The molecule has 100 valence electrons. The molecule has 1 N–H and O–H groups in total. The predicted molar refractivity (Wildman–Crippen MR) is 62.9 cm³/mol. The second kappa shape index (κ2) is 4.23. The third kappa shape index (κ3) is 1.64. The van der Waals surface area contributed by atoms with Crippen LogP contribution in [0.15, 0.2) is 0 Å². The number of fused-ring (bicyclic) bond motifs is 1. The second-order valence-electron chi connectivity index (χ2n) is 5.83. The summed E-state index contributed by atoms with van der Waals surface area (Å²) in [6.07, 6.45) is 3.42. The fourth-order valence-electron chi connectivity index (χ4n) is 3.79. The van der Waals surface area contributed by atoms with E-state index >= 15 is 0 Å². The highest BCUT2D eigenvalue weighted by Crippen LogP contribution is 2.49. The van der Waals surface area contributed by atoms with Crippen LogP contribution in [0.5, 0.6) is 0 Å². The number of aliphatic carboxylic acids is 1. The number of carboxylic acid groups (broad SMARTS) is 1. The molecule has 0 aromatic rings. The van der Waals surface area contributed by atoms with Crippen LogP contribution < -0.4 is 0 Å². The third-order valence-corrected chi connectivity index (χ3v) is 4.89. The van der Waals surface area contributed by atoms with Crippen LogP contribution in [0.2, 0.25) is 0 Å². The maximum absolute atomic E-state index is 12.3. The van der Waals surface area contributed by atoms with E-state index in [2.05, 4.69) is 0 Å². The fourth-order valence-corrected chi connectivity index (χ4v) is 3.79. The Morgan fingerprint density at radius 2 is 2.17 bits per heavy atom. The number of carboxylic acids is 1. The van der Waals surface area contributed by atoms with Gasteiger partial charge in [-0.05, 0) is 25.2 Å². The van der Waals surface area contributed by atoms with Crippen molar-refractivity contribution >= 4 is 11.9 Å². The molecule has 2 heterocycles. The van der Waals surface area contributed by atoms with E-state index in [0.717, 1.165) is 25.7 Å². The summed E-state index contributed by atoms with van der Waals surface area (Å²) in [7, 11) is 0. The van der Waals surface area contributed by atoms with Crippen molar-refractivity contribution in [2.45, 2.75) is 25.7 Å². The van der Waals surface area contributed by atoms with Crippen molar-refractivity contribution in [2.24, 2.45) is 17.3 Å². The molecule has 5 nitrogen and oxygen atoms in total. The first-order valence-electron chi connectivity index (χ1n) is 6.73. The smallest absolute Gasteiger partial charge is 0.311 e. The average Bonchev–Trinajstić information content (AvgIpc) is 3.03. The van der Waals surface area contributed by atoms with Crippen LogP contribution in [0, 0.1) is 17.3 Å². The summed E-state index contributed by atoms with van der Waals surface area (Å²) in [6, 6.07) is 0. The Morgan fingerprint density at radius 3 is 2.78 bits per heavy atom. The lowest BCUT2D eigenvalue weighted by Crippen LogP contribution is -2.39. The van der Waals surface area contributed by atoms with Crippen LogP contribution in [0.3, 0.4) is 0 Å². The van der Waals surface area contributed by atoms with Crippen molar-refractivity contribution in [1.29, 1.82) is 0 Å². The minimum absolute atomic E-state index is 0.0466. The number of carbonyl (C=O) groups is 2. The number of ether oxygens (including phenoxy) is 1. The minimum Gasteiger partial charge on any atom is -0.481 e. The van der Waals surface area contributed by atoms with Gasteiger partial charge in [0.25, 0.3) is 0 Å². The average molecular weight is 253 g/mol. The molecule has 0 aromatic heterocycles. The topological polar surface area (TPSA) is 66.8 Å². The Kier molecular flexibility index (Phi) is 2.81. The van der Waals surface area contributed by atoms with Crippen molar-refractivity contribution in [3.8, 4) is 0 Å². The van der Waals surface area contributed by atoms with E-state index in [1.807, 2.05) is 0 Å². The second-order valence-corrected chi connectivity index (χ2v) is 5.83. The third-order valence-electron chi connectivity index (χ3n) is 4.89. The van der Waals surface area contributed by atoms with E-state index in [1.165, 1.54) is 0 Å². The summed E-state index contributed by atoms with van der Waals surface area (Å²) in [6.45, 7) is 2.18. The predicted octanol–water partition coefficient (Wildman–Crippen LogP) is 0.736. The van der Waals surface area contributed by atoms with Crippen molar-refractivity contribution in [1.82, 2.24) is 4.90 Å². The summed E-state index contributed by atoms with van der Waals surface area (Å²) in [5.41, 5.74) is -0.658. The molecule has 3 rings (SSSR count). The maximum atomic E-state index is 12.3.